The smallest absolute Gasteiger partial charge is 0.672 e. The summed E-state index contributed by atoms with van der Waals surface area (Å²) in [6, 6.07) is 0. The minimum Gasteiger partial charge on any atom is -0.672 e. The summed E-state index contributed by atoms with van der Waals surface area (Å²) in [5.41, 5.74) is 0. The minimum absolute atomic E-state index is 0. The molecule has 0 bridgehead atoms. The third-order valence-corrected chi connectivity index (χ3v) is 0. The largest absolute Gasteiger partial charge is 3.00 e. The Labute approximate surface area is 87.1 Å². The molecule has 0 aromatic heterocycles. The Morgan fingerprint density at radius 3 is 0.500 bits per heavy atom. The molecular formula is B2O9Si3. The van der Waals surface area contributed by atoms with E-state index in [0.717, 1.165) is 0 Å². The molecule has 14 heteroatoms. The topological polar surface area (TPSA) is 190 Å². The first kappa shape index (κ1) is 29.3. The quantitative estimate of drug-likeness (QED) is 0.375. The van der Waals surface area contributed by atoms with Crippen LogP contribution in [0.3, 0.4) is 0 Å². The first-order chi connectivity index (χ1) is 5.20. The van der Waals surface area contributed by atoms with Gasteiger partial charge < -0.3 is 42.2 Å². The average Bonchev–Trinajstić information content (AvgIpc) is 1.54. The molecule has 0 aromatic carbocycles. The summed E-state index contributed by atoms with van der Waals surface area (Å²) in [4.78, 5) is 51.1. The van der Waals surface area contributed by atoms with Crippen molar-refractivity contribution in [3.63, 3.8) is 0 Å². The van der Waals surface area contributed by atoms with Crippen molar-refractivity contribution in [1.82, 2.24) is 0 Å². The third kappa shape index (κ3) is 1050. The van der Waals surface area contributed by atoms with Gasteiger partial charge in [-0.25, -0.2) is 0 Å². The first-order valence-electron chi connectivity index (χ1n) is 1.84. The van der Waals surface area contributed by atoms with Gasteiger partial charge in [-0.1, -0.05) is 0 Å². The second kappa shape index (κ2) is 22.7. The zero-order valence-electron chi connectivity index (χ0n) is 6.33. The molecule has 0 rings (SSSR count). The SMILES string of the molecule is O=[Si]([O-])[O-].O=[Si]([O-])[O-].O=[Si]([O-])[O-].[B+3].[B+3]. The zero-order valence-corrected chi connectivity index (χ0v) is 9.33. The van der Waals surface area contributed by atoms with E-state index in [1.165, 1.54) is 0 Å². The van der Waals surface area contributed by atoms with Gasteiger partial charge in [0.15, 0.2) is 0 Å². The second-order valence-corrected chi connectivity index (χ2v) is 2.25. The molecule has 0 unspecified atom stereocenters. The standard InChI is InChI=1S/2B.3O3Si/c;;3*1-4(2)3/q2*+3;3*-2. The van der Waals surface area contributed by atoms with Gasteiger partial charge in [0.05, 0.1) is 0 Å². The Bertz CT molecular complexity index is 116. The molecule has 0 heterocycles. The van der Waals surface area contributed by atoms with Gasteiger partial charge in [0, 0.05) is 27.5 Å². The van der Waals surface area contributed by atoms with Gasteiger partial charge in [0.1, 0.15) is 0 Å². The second-order valence-electron chi connectivity index (χ2n) is 0.750. The summed E-state index contributed by atoms with van der Waals surface area (Å²) in [5, 5.41) is 0. The molecule has 0 aliphatic heterocycles. The van der Waals surface area contributed by atoms with E-state index in [2.05, 4.69) is 0 Å². The fraction of sp³-hybridized carbons (Fsp3) is 0. The van der Waals surface area contributed by atoms with Crippen LogP contribution in [0.25, 0.3) is 0 Å². The molecule has 0 spiro atoms. The first-order valence-corrected chi connectivity index (χ1v) is 5.51. The van der Waals surface area contributed by atoms with Crippen molar-refractivity contribution >= 4 is 44.3 Å². The molecule has 0 aliphatic rings. The van der Waals surface area contributed by atoms with Gasteiger partial charge in [-0.05, 0) is 0 Å². The summed E-state index contributed by atoms with van der Waals surface area (Å²) in [6.07, 6.45) is 0. The van der Waals surface area contributed by atoms with E-state index in [1.54, 1.807) is 0 Å². The van der Waals surface area contributed by atoms with Crippen LogP contribution in [0.1, 0.15) is 0 Å². The molecule has 0 fully saturated rings. The Hall–Kier alpha value is -1.02. The number of hydrogen-bond acceptors (Lipinski definition) is 9. The predicted molar refractivity (Wildman–Crippen MR) is 30.8 cm³/mol. The fourth-order valence-corrected chi connectivity index (χ4v) is 0. The molecule has 0 radical (unpaired) electrons. The van der Waals surface area contributed by atoms with Gasteiger partial charge in [-0.15, -0.1) is 0 Å². The van der Waals surface area contributed by atoms with Crippen LogP contribution in [0.15, 0.2) is 0 Å². The van der Waals surface area contributed by atoms with E-state index in [0.29, 0.717) is 0 Å². The van der Waals surface area contributed by atoms with Gasteiger partial charge in [-0.3, -0.25) is 0 Å². The summed E-state index contributed by atoms with van der Waals surface area (Å²) >= 11 is 0. The summed E-state index contributed by atoms with van der Waals surface area (Å²) < 4.78 is 25.6. The molecule has 0 saturated heterocycles. The van der Waals surface area contributed by atoms with Crippen molar-refractivity contribution < 1.29 is 42.2 Å². The van der Waals surface area contributed by atoms with Gasteiger partial charge >= 0.3 is 16.8 Å². The Kier molecular flexibility index (Phi) is 47.4. The molecule has 72 valence electrons. The molecule has 0 amide bonds. The van der Waals surface area contributed by atoms with E-state index in [-0.39, 0.29) is 16.8 Å². The van der Waals surface area contributed by atoms with Crippen LogP contribution in [0.4, 0.5) is 0 Å². The van der Waals surface area contributed by atoms with Crippen LogP contribution in [0.2, 0.25) is 0 Å². The molecule has 0 atom stereocenters. The van der Waals surface area contributed by atoms with Crippen LogP contribution in [0.5, 0.6) is 0 Å². The van der Waals surface area contributed by atoms with Crippen molar-refractivity contribution in [2.75, 3.05) is 0 Å². The maximum Gasteiger partial charge on any atom is 3.00 e. The van der Waals surface area contributed by atoms with Gasteiger partial charge in [-0.2, -0.15) is 0 Å². The number of hydrogen-bond donors (Lipinski definition) is 0. The van der Waals surface area contributed by atoms with E-state index >= 15 is 0 Å². The molecule has 14 heavy (non-hydrogen) atoms. The Morgan fingerprint density at radius 2 is 0.500 bits per heavy atom. The van der Waals surface area contributed by atoms with E-state index in [4.69, 9.17) is 42.2 Å². The van der Waals surface area contributed by atoms with Crippen molar-refractivity contribution in [2.24, 2.45) is 0 Å². The van der Waals surface area contributed by atoms with Crippen molar-refractivity contribution in [1.29, 1.82) is 0 Å². The molecule has 0 saturated carbocycles. The Morgan fingerprint density at radius 1 is 0.500 bits per heavy atom. The zero-order chi connectivity index (χ0) is 10.7. The van der Waals surface area contributed by atoms with Crippen LogP contribution in [-0.4, -0.2) is 44.3 Å². The van der Waals surface area contributed by atoms with E-state index in [9.17, 15) is 0 Å². The summed E-state index contributed by atoms with van der Waals surface area (Å²) in [6.45, 7) is 0. The fourth-order valence-electron chi connectivity index (χ4n) is 0. The third-order valence-electron chi connectivity index (χ3n) is 0. The normalized spacial score (nSPS) is 5.14. The van der Waals surface area contributed by atoms with Crippen molar-refractivity contribution in [3.05, 3.63) is 0 Å². The molecule has 0 aliphatic carbocycles. The van der Waals surface area contributed by atoms with Crippen molar-refractivity contribution in [3.8, 4) is 0 Å². The summed E-state index contributed by atoms with van der Waals surface area (Å²) in [7, 11) is -10.9. The van der Waals surface area contributed by atoms with Crippen molar-refractivity contribution in [2.45, 2.75) is 0 Å². The number of rotatable bonds is 0. The molecule has 0 N–H and O–H groups in total. The molecule has 9 nitrogen and oxygen atoms in total. The van der Waals surface area contributed by atoms with E-state index < -0.39 is 27.5 Å². The van der Waals surface area contributed by atoms with E-state index in [1.807, 2.05) is 0 Å². The van der Waals surface area contributed by atoms with Crippen LogP contribution in [0, 0.1) is 0 Å². The minimum atomic E-state index is -3.63. The maximum atomic E-state index is 8.52. The van der Waals surface area contributed by atoms with Gasteiger partial charge in [0.2, 0.25) is 0 Å². The Balaban J connectivity index is -0.0000000270. The molecule has 0 aromatic rings. The van der Waals surface area contributed by atoms with Gasteiger partial charge in [0.25, 0.3) is 0 Å². The monoisotopic (exact) mass is 250 g/mol. The van der Waals surface area contributed by atoms with Crippen LogP contribution >= 0.6 is 0 Å². The summed E-state index contributed by atoms with van der Waals surface area (Å²) in [5.74, 6) is 0. The average molecular weight is 250 g/mol. The van der Waals surface area contributed by atoms with Crippen LogP contribution < -0.4 is 28.8 Å². The van der Waals surface area contributed by atoms with Crippen LogP contribution in [-0.2, 0) is 13.4 Å². The maximum absolute atomic E-state index is 8.52. The molecular weight excluding hydrogens is 250 g/mol. The predicted octanol–water partition coefficient (Wildman–Crippen LogP) is -9.39.